The van der Waals surface area contributed by atoms with Gasteiger partial charge in [-0.1, -0.05) is 39.3 Å². The zero-order chi connectivity index (χ0) is 27.1. The molecule has 1 atom stereocenters. The van der Waals surface area contributed by atoms with Gasteiger partial charge in [-0.2, -0.15) is 5.26 Å². The molecule has 7 nitrogen and oxygen atoms in total. The average molecular weight is 528 g/mol. The van der Waals surface area contributed by atoms with E-state index in [0.29, 0.717) is 30.0 Å². The highest BCUT2D eigenvalue weighted by Gasteiger charge is 2.24. The maximum absolute atomic E-state index is 13.4. The first-order chi connectivity index (χ1) is 18.4. The molecule has 1 unspecified atom stereocenters. The molecule has 2 aromatic carbocycles. The summed E-state index contributed by atoms with van der Waals surface area (Å²) in [6.07, 6.45) is 6.15. The van der Waals surface area contributed by atoms with Gasteiger partial charge < -0.3 is 15.2 Å². The van der Waals surface area contributed by atoms with Crippen LogP contribution >= 0.6 is 11.3 Å². The molecule has 196 valence electrons. The number of carbonyl (C=O) groups is 2. The van der Waals surface area contributed by atoms with E-state index >= 15 is 0 Å². The summed E-state index contributed by atoms with van der Waals surface area (Å²) in [5.74, 6) is -0.220. The lowest BCUT2D eigenvalue weighted by Crippen LogP contribution is -2.29. The molecule has 2 heterocycles. The van der Waals surface area contributed by atoms with E-state index in [9.17, 15) is 9.59 Å². The Morgan fingerprint density at radius 1 is 1.13 bits per heavy atom. The van der Waals surface area contributed by atoms with Gasteiger partial charge in [0, 0.05) is 47.7 Å². The molecule has 0 aliphatic carbocycles. The first-order valence-corrected chi connectivity index (χ1v) is 13.8. The lowest BCUT2D eigenvalue weighted by molar-refractivity contribution is -0.121. The second kappa shape index (κ2) is 12.5. The SMILES string of the molecule is CCCCNC(=O)c1cc2cc(NC(=O)C(Cc3cncn3Cc3ccc(C#N)cc3)C(C)C)ccc2s1. The van der Waals surface area contributed by atoms with Crippen LogP contribution in [0.1, 0.15) is 60.1 Å². The summed E-state index contributed by atoms with van der Waals surface area (Å²) in [6.45, 7) is 7.50. The van der Waals surface area contributed by atoms with E-state index in [2.05, 4.69) is 47.0 Å². The van der Waals surface area contributed by atoms with Gasteiger partial charge in [0.15, 0.2) is 0 Å². The topological polar surface area (TPSA) is 99.8 Å². The molecule has 0 aliphatic heterocycles. The van der Waals surface area contributed by atoms with Crippen LogP contribution in [0.15, 0.2) is 61.1 Å². The molecule has 4 aromatic rings. The molecule has 4 rings (SSSR count). The molecule has 0 aliphatic rings. The summed E-state index contributed by atoms with van der Waals surface area (Å²) in [4.78, 5) is 30.8. The van der Waals surface area contributed by atoms with Crippen LogP contribution in [0.4, 0.5) is 5.69 Å². The molecule has 38 heavy (non-hydrogen) atoms. The van der Waals surface area contributed by atoms with Crippen molar-refractivity contribution in [2.24, 2.45) is 11.8 Å². The van der Waals surface area contributed by atoms with Crippen molar-refractivity contribution in [3.8, 4) is 6.07 Å². The highest BCUT2D eigenvalue weighted by Crippen LogP contribution is 2.29. The van der Waals surface area contributed by atoms with E-state index in [0.717, 1.165) is 39.9 Å². The summed E-state index contributed by atoms with van der Waals surface area (Å²) >= 11 is 1.46. The molecule has 0 bridgehead atoms. The number of imidazole rings is 1. The van der Waals surface area contributed by atoms with Crippen LogP contribution in [0, 0.1) is 23.2 Å². The van der Waals surface area contributed by atoms with Gasteiger partial charge >= 0.3 is 0 Å². The number of hydrogen-bond donors (Lipinski definition) is 2. The quantitative estimate of drug-likeness (QED) is 0.234. The molecule has 0 saturated heterocycles. The number of nitriles is 1. The lowest BCUT2D eigenvalue weighted by atomic mass is 9.90. The van der Waals surface area contributed by atoms with Gasteiger partial charge in [-0.05, 0) is 59.7 Å². The Labute approximate surface area is 227 Å². The van der Waals surface area contributed by atoms with Crippen molar-refractivity contribution in [2.45, 2.75) is 46.6 Å². The maximum Gasteiger partial charge on any atom is 0.261 e. The van der Waals surface area contributed by atoms with Crippen LogP contribution in [0.25, 0.3) is 10.1 Å². The lowest BCUT2D eigenvalue weighted by Gasteiger charge is -2.21. The maximum atomic E-state index is 13.4. The Morgan fingerprint density at radius 2 is 1.92 bits per heavy atom. The predicted octanol–water partition coefficient (Wildman–Crippen LogP) is 6.00. The monoisotopic (exact) mass is 527 g/mol. The van der Waals surface area contributed by atoms with Gasteiger partial charge in [-0.25, -0.2) is 4.98 Å². The number of carbonyl (C=O) groups excluding carboxylic acids is 2. The van der Waals surface area contributed by atoms with Crippen LogP contribution in [-0.2, 0) is 17.8 Å². The third-order valence-corrected chi connectivity index (χ3v) is 7.74. The zero-order valence-electron chi connectivity index (χ0n) is 22.0. The number of amides is 2. The fourth-order valence-electron chi connectivity index (χ4n) is 4.33. The number of fused-ring (bicyclic) bond motifs is 1. The van der Waals surface area contributed by atoms with E-state index in [1.54, 1.807) is 6.33 Å². The molecule has 2 amide bonds. The highest BCUT2D eigenvalue weighted by atomic mass is 32.1. The third kappa shape index (κ3) is 6.67. The molecule has 0 fully saturated rings. The average Bonchev–Trinajstić information content (AvgIpc) is 3.54. The van der Waals surface area contributed by atoms with Crippen LogP contribution in [0.2, 0.25) is 0 Å². The molecule has 0 saturated carbocycles. The van der Waals surface area contributed by atoms with Crippen molar-refractivity contribution in [1.82, 2.24) is 14.9 Å². The zero-order valence-corrected chi connectivity index (χ0v) is 22.8. The van der Waals surface area contributed by atoms with Crippen molar-refractivity contribution in [3.05, 3.63) is 82.8 Å². The standard InChI is InChI=1S/C30H33N5O2S/c1-4-5-12-33-30(37)28-14-23-13-24(10-11-27(23)38-28)34-29(36)26(20(2)3)15-25-17-32-19-35(25)18-22-8-6-21(16-31)7-9-22/h6-11,13-14,17,19-20,26H,4-5,12,15,18H2,1-3H3,(H,33,37)(H,34,36). The minimum atomic E-state index is -0.246. The Hall–Kier alpha value is -3.96. The van der Waals surface area contributed by atoms with E-state index in [1.165, 1.54) is 11.3 Å². The smallest absolute Gasteiger partial charge is 0.261 e. The van der Waals surface area contributed by atoms with Crippen molar-refractivity contribution in [1.29, 1.82) is 5.26 Å². The second-order valence-electron chi connectivity index (χ2n) is 9.84. The van der Waals surface area contributed by atoms with Crippen LogP contribution < -0.4 is 10.6 Å². The van der Waals surface area contributed by atoms with E-state index in [1.807, 2.05) is 54.7 Å². The Balaban J connectivity index is 1.44. The normalized spacial score (nSPS) is 11.9. The van der Waals surface area contributed by atoms with Gasteiger partial charge in [0.05, 0.1) is 22.8 Å². The fourth-order valence-corrected chi connectivity index (χ4v) is 5.29. The number of hydrogen-bond acceptors (Lipinski definition) is 5. The molecule has 2 aromatic heterocycles. The Kier molecular flexibility index (Phi) is 8.93. The first-order valence-electron chi connectivity index (χ1n) is 13.0. The number of thiophene rings is 1. The van der Waals surface area contributed by atoms with Crippen molar-refractivity contribution >= 4 is 38.9 Å². The largest absolute Gasteiger partial charge is 0.351 e. The number of unbranched alkanes of at least 4 members (excludes halogenated alkanes) is 1. The third-order valence-electron chi connectivity index (χ3n) is 6.63. The molecule has 8 heteroatoms. The highest BCUT2D eigenvalue weighted by molar-refractivity contribution is 7.20. The predicted molar refractivity (Wildman–Crippen MR) is 152 cm³/mol. The van der Waals surface area contributed by atoms with Crippen molar-refractivity contribution in [3.63, 3.8) is 0 Å². The van der Waals surface area contributed by atoms with Crippen molar-refractivity contribution < 1.29 is 9.59 Å². The first kappa shape index (κ1) is 27.1. The minimum absolute atomic E-state index is 0.0433. The number of rotatable bonds is 11. The second-order valence-corrected chi connectivity index (χ2v) is 10.9. The summed E-state index contributed by atoms with van der Waals surface area (Å²) in [7, 11) is 0. The van der Waals surface area contributed by atoms with Gasteiger partial charge in [0.2, 0.25) is 5.91 Å². The van der Waals surface area contributed by atoms with E-state index in [4.69, 9.17) is 5.26 Å². The molecule has 0 spiro atoms. The summed E-state index contributed by atoms with van der Waals surface area (Å²) in [5, 5.41) is 16.0. The molecular weight excluding hydrogens is 494 g/mol. The van der Waals surface area contributed by atoms with Crippen LogP contribution in [0.3, 0.4) is 0 Å². The Bertz CT molecular complexity index is 1450. The summed E-state index contributed by atoms with van der Waals surface area (Å²) in [6, 6.07) is 17.3. The minimum Gasteiger partial charge on any atom is -0.351 e. The summed E-state index contributed by atoms with van der Waals surface area (Å²) < 4.78 is 3.06. The number of nitrogens with zero attached hydrogens (tertiary/aromatic N) is 3. The van der Waals surface area contributed by atoms with E-state index in [-0.39, 0.29) is 23.7 Å². The van der Waals surface area contributed by atoms with Gasteiger partial charge in [-0.15, -0.1) is 11.3 Å². The molecular formula is C30H33N5O2S. The number of nitrogens with one attached hydrogen (secondary N) is 2. The number of anilines is 1. The van der Waals surface area contributed by atoms with Crippen LogP contribution in [-0.4, -0.2) is 27.9 Å². The van der Waals surface area contributed by atoms with Crippen LogP contribution in [0.5, 0.6) is 0 Å². The van der Waals surface area contributed by atoms with E-state index < -0.39 is 0 Å². The fraction of sp³-hybridized carbons (Fsp3) is 0.333. The number of aromatic nitrogens is 2. The van der Waals surface area contributed by atoms with Gasteiger partial charge in [0.25, 0.3) is 5.91 Å². The number of benzene rings is 2. The molecule has 2 N–H and O–H groups in total. The Morgan fingerprint density at radius 3 is 2.63 bits per heavy atom. The van der Waals surface area contributed by atoms with Gasteiger partial charge in [-0.3, -0.25) is 9.59 Å². The summed E-state index contributed by atoms with van der Waals surface area (Å²) in [5.41, 5.74) is 3.39. The van der Waals surface area contributed by atoms with Gasteiger partial charge in [0.1, 0.15) is 0 Å². The van der Waals surface area contributed by atoms with Crippen molar-refractivity contribution in [2.75, 3.05) is 11.9 Å². The molecule has 0 radical (unpaired) electrons.